The number of nitrogens with zero attached hydrogens (tertiary/aromatic N) is 2. The topological polar surface area (TPSA) is 116 Å². The largest absolute Gasteiger partial charge is 0.431 e. The summed E-state index contributed by atoms with van der Waals surface area (Å²) < 4.78 is 80.3. The monoisotopic (exact) mass is 468 g/mol. The lowest BCUT2D eigenvalue weighted by molar-refractivity contribution is -0.144. The fraction of sp³-hybridized carbons (Fsp3) is 0.312. The van der Waals surface area contributed by atoms with Gasteiger partial charge in [-0.2, -0.15) is 13.2 Å². The molecule has 0 fully saturated rings. The Balaban J connectivity index is 2.83. The van der Waals surface area contributed by atoms with Crippen LogP contribution in [0.15, 0.2) is 27.8 Å². The first-order valence-electron chi connectivity index (χ1n) is 8.24. The van der Waals surface area contributed by atoms with Gasteiger partial charge in [-0.25, -0.2) is 22.2 Å². The molecule has 1 heterocycles. The van der Waals surface area contributed by atoms with E-state index < -0.39 is 44.6 Å². The number of sulfonamides is 1. The Morgan fingerprint density at radius 1 is 1.23 bits per heavy atom. The predicted molar refractivity (Wildman–Crippen MR) is 106 cm³/mol. The van der Waals surface area contributed by atoms with Crippen molar-refractivity contribution in [3.63, 3.8) is 0 Å². The van der Waals surface area contributed by atoms with Crippen molar-refractivity contribution in [3.05, 3.63) is 56.1 Å². The normalized spacial score (nSPS) is 12.1. The fourth-order valence-corrected chi connectivity index (χ4v) is 3.94. The van der Waals surface area contributed by atoms with E-state index >= 15 is 0 Å². The maximum absolute atomic E-state index is 14.7. The number of anilines is 1. The van der Waals surface area contributed by atoms with Crippen LogP contribution in [0.5, 0.6) is 0 Å². The van der Waals surface area contributed by atoms with E-state index in [4.69, 9.17) is 18.0 Å². The number of hydrogen-bond donors (Lipinski definition) is 2. The molecule has 2 rings (SSSR count). The van der Waals surface area contributed by atoms with E-state index in [1.54, 1.807) is 6.92 Å². The summed E-state index contributed by atoms with van der Waals surface area (Å²) in [6.07, 6.45) is -4.76. The number of benzene rings is 1. The van der Waals surface area contributed by atoms with E-state index in [0.717, 1.165) is 13.1 Å². The number of nitrogens with one attached hydrogen (secondary N) is 1. The third kappa shape index (κ3) is 4.70. The summed E-state index contributed by atoms with van der Waals surface area (Å²) in [5, 5.41) is 0. The summed E-state index contributed by atoms with van der Waals surface area (Å²) in [7, 11) is -3.16. The molecule has 0 saturated heterocycles. The smallest absolute Gasteiger partial charge is 0.389 e. The Labute approximate surface area is 173 Å². The Morgan fingerprint density at radius 2 is 1.83 bits per heavy atom. The lowest BCUT2D eigenvalue weighted by Crippen LogP contribution is -2.41. The minimum Gasteiger partial charge on any atom is -0.389 e. The zero-order valence-corrected chi connectivity index (χ0v) is 17.2. The number of thiocarbonyl (C=S) groups is 1. The minimum absolute atomic E-state index is 0.128. The van der Waals surface area contributed by atoms with Crippen LogP contribution in [0, 0.1) is 5.82 Å². The highest BCUT2D eigenvalue weighted by atomic mass is 32.2. The van der Waals surface area contributed by atoms with Gasteiger partial charge in [0.05, 0.1) is 17.1 Å². The van der Waals surface area contributed by atoms with Crippen molar-refractivity contribution in [1.29, 1.82) is 0 Å². The molecule has 2 aromatic rings. The average Bonchev–Trinajstić information content (AvgIpc) is 2.58. The van der Waals surface area contributed by atoms with Gasteiger partial charge in [-0.1, -0.05) is 19.1 Å². The number of hydrogen-bond acceptors (Lipinski definition) is 5. The number of aromatic nitrogens is 2. The molecule has 0 radical (unpaired) electrons. The molecule has 1 aromatic heterocycles. The molecular weight excluding hydrogens is 452 g/mol. The van der Waals surface area contributed by atoms with Crippen LogP contribution in [0.3, 0.4) is 0 Å². The summed E-state index contributed by atoms with van der Waals surface area (Å²) in [4.78, 5) is 24.2. The van der Waals surface area contributed by atoms with Crippen molar-refractivity contribution < 1.29 is 26.0 Å². The van der Waals surface area contributed by atoms with Crippen LogP contribution in [-0.4, -0.2) is 28.3 Å². The minimum atomic E-state index is -5.00. The highest BCUT2D eigenvalue weighted by Crippen LogP contribution is 2.28. The lowest BCUT2D eigenvalue weighted by atomic mass is 10.1. The molecule has 8 nitrogen and oxygen atoms in total. The SMILES string of the molecule is CCCS(=O)(=O)Nc1cc(-n2c(=O)cc(C(F)(F)F)n(C)c2=O)c(F)cc1C(N)=S. The second-order valence-electron chi connectivity index (χ2n) is 6.18. The third-order valence-corrected chi connectivity index (χ3v) is 5.64. The molecule has 0 amide bonds. The van der Waals surface area contributed by atoms with Crippen molar-refractivity contribution in [2.24, 2.45) is 12.8 Å². The van der Waals surface area contributed by atoms with Crippen molar-refractivity contribution in [1.82, 2.24) is 9.13 Å². The fourth-order valence-electron chi connectivity index (χ4n) is 2.63. The molecule has 3 N–H and O–H groups in total. The maximum atomic E-state index is 14.7. The van der Waals surface area contributed by atoms with Crippen molar-refractivity contribution >= 4 is 32.9 Å². The zero-order valence-electron chi connectivity index (χ0n) is 15.6. The molecule has 0 unspecified atom stereocenters. The van der Waals surface area contributed by atoms with Gasteiger partial charge in [0.1, 0.15) is 16.5 Å². The van der Waals surface area contributed by atoms with Gasteiger partial charge in [-0.05, 0) is 18.6 Å². The van der Waals surface area contributed by atoms with Gasteiger partial charge in [0, 0.05) is 18.7 Å². The van der Waals surface area contributed by atoms with Crippen LogP contribution in [0.25, 0.3) is 5.69 Å². The summed E-state index contributed by atoms with van der Waals surface area (Å²) >= 11 is 4.77. The highest BCUT2D eigenvalue weighted by molar-refractivity contribution is 7.92. The molecule has 0 aliphatic carbocycles. The molecule has 0 spiro atoms. The lowest BCUT2D eigenvalue weighted by Gasteiger charge is -2.17. The van der Waals surface area contributed by atoms with Crippen LogP contribution in [-0.2, 0) is 23.2 Å². The molecule has 0 bridgehead atoms. The Kier molecular flexibility index (Phi) is 6.42. The number of rotatable bonds is 6. The molecular formula is C16H16F4N4O4S2. The van der Waals surface area contributed by atoms with Crippen LogP contribution in [0.2, 0.25) is 0 Å². The quantitative estimate of drug-likeness (QED) is 0.490. The predicted octanol–water partition coefficient (Wildman–Crippen LogP) is 1.48. The number of alkyl halides is 3. The maximum Gasteiger partial charge on any atom is 0.431 e. The van der Waals surface area contributed by atoms with Gasteiger partial charge in [-0.15, -0.1) is 0 Å². The average molecular weight is 468 g/mol. The molecule has 1 aromatic carbocycles. The Morgan fingerprint density at radius 3 is 2.33 bits per heavy atom. The van der Waals surface area contributed by atoms with Gasteiger partial charge in [0.2, 0.25) is 10.0 Å². The summed E-state index contributed by atoms with van der Waals surface area (Å²) in [6.45, 7) is 1.59. The standard InChI is InChI=1S/C16H16F4N4O4S2/c1-3-4-30(27,28)22-10-6-11(9(17)5-8(10)14(21)29)24-13(25)7-12(16(18,19)20)23(2)15(24)26/h5-7,22H,3-4H2,1-2H3,(H2,21,29). The van der Waals surface area contributed by atoms with Crippen molar-refractivity contribution in [3.8, 4) is 5.69 Å². The summed E-state index contributed by atoms with van der Waals surface area (Å²) in [5.74, 6) is -1.53. The summed E-state index contributed by atoms with van der Waals surface area (Å²) in [6, 6.07) is 1.58. The first kappa shape index (κ1) is 23.5. The van der Waals surface area contributed by atoms with E-state index in [0.29, 0.717) is 6.07 Å². The highest BCUT2D eigenvalue weighted by Gasteiger charge is 2.35. The van der Waals surface area contributed by atoms with Gasteiger partial charge in [0.25, 0.3) is 5.56 Å². The second kappa shape index (κ2) is 8.18. The zero-order chi connectivity index (χ0) is 23.0. The molecule has 164 valence electrons. The van der Waals surface area contributed by atoms with E-state index in [1.807, 2.05) is 0 Å². The van der Waals surface area contributed by atoms with E-state index in [-0.39, 0.29) is 43.6 Å². The molecule has 0 aliphatic heterocycles. The first-order valence-corrected chi connectivity index (χ1v) is 10.3. The first-order chi connectivity index (χ1) is 13.7. The van der Waals surface area contributed by atoms with Crippen molar-refractivity contribution in [2.45, 2.75) is 19.5 Å². The second-order valence-corrected chi connectivity index (χ2v) is 8.46. The molecule has 0 aliphatic rings. The number of halogens is 4. The molecule has 14 heteroatoms. The summed E-state index contributed by atoms with van der Waals surface area (Å²) in [5.41, 5.74) is -0.333. The molecule has 0 atom stereocenters. The van der Waals surface area contributed by atoms with Crippen molar-refractivity contribution in [2.75, 3.05) is 10.5 Å². The molecule has 0 saturated carbocycles. The van der Waals surface area contributed by atoms with E-state index in [2.05, 4.69) is 4.72 Å². The van der Waals surface area contributed by atoms with Gasteiger partial charge >= 0.3 is 11.9 Å². The third-order valence-electron chi connectivity index (χ3n) is 3.94. The number of nitrogens with two attached hydrogens (primary N) is 1. The van der Waals surface area contributed by atoms with Crippen LogP contribution < -0.4 is 21.7 Å². The van der Waals surface area contributed by atoms with Gasteiger partial charge in [-0.3, -0.25) is 14.1 Å². The van der Waals surface area contributed by atoms with E-state index in [1.165, 1.54) is 0 Å². The van der Waals surface area contributed by atoms with Gasteiger partial charge < -0.3 is 5.73 Å². The Hall–Kier alpha value is -2.74. The van der Waals surface area contributed by atoms with Crippen LogP contribution >= 0.6 is 12.2 Å². The van der Waals surface area contributed by atoms with Crippen LogP contribution in [0.4, 0.5) is 23.2 Å². The van der Waals surface area contributed by atoms with Crippen LogP contribution in [0.1, 0.15) is 24.6 Å². The van der Waals surface area contributed by atoms with E-state index in [9.17, 15) is 35.6 Å². The van der Waals surface area contributed by atoms with Gasteiger partial charge in [0.15, 0.2) is 0 Å². The molecule has 30 heavy (non-hydrogen) atoms. The Bertz CT molecular complexity index is 1230.